The fraction of sp³-hybridized carbons (Fsp3) is 0.500. The number of anilines is 1. The van der Waals surface area contributed by atoms with Gasteiger partial charge >= 0.3 is 0 Å². The van der Waals surface area contributed by atoms with Gasteiger partial charge in [0.15, 0.2) is 0 Å². The van der Waals surface area contributed by atoms with Crippen LogP contribution >= 0.6 is 0 Å². The van der Waals surface area contributed by atoms with Gasteiger partial charge in [0.05, 0.1) is 0 Å². The van der Waals surface area contributed by atoms with Crippen LogP contribution in [0.5, 0.6) is 0 Å². The first-order valence-corrected chi connectivity index (χ1v) is 6.28. The Morgan fingerprint density at radius 1 is 1.39 bits per heavy atom. The van der Waals surface area contributed by atoms with Crippen molar-refractivity contribution in [2.75, 3.05) is 32.6 Å². The fourth-order valence-electron chi connectivity index (χ4n) is 2.41. The third-order valence-electron chi connectivity index (χ3n) is 3.44. The number of nitrogens with two attached hydrogens (primary N) is 1. The number of hydrogen-bond acceptors (Lipinski definition) is 3. The molecule has 1 aliphatic heterocycles. The third kappa shape index (κ3) is 2.54. The summed E-state index contributed by atoms with van der Waals surface area (Å²) in [4.78, 5) is 15.4. The zero-order valence-electron chi connectivity index (χ0n) is 11.3. The van der Waals surface area contributed by atoms with Crippen molar-refractivity contribution in [3.63, 3.8) is 0 Å². The van der Waals surface area contributed by atoms with Gasteiger partial charge in [0.2, 0.25) is 5.91 Å². The smallest absolute Gasteiger partial charge is 0.227 e. The van der Waals surface area contributed by atoms with Crippen molar-refractivity contribution in [1.82, 2.24) is 4.90 Å². The number of benzene rings is 1. The lowest BCUT2D eigenvalue weighted by molar-refractivity contribution is -0.118. The van der Waals surface area contributed by atoms with E-state index >= 15 is 0 Å². The van der Waals surface area contributed by atoms with Crippen LogP contribution < -0.4 is 10.6 Å². The van der Waals surface area contributed by atoms with Crippen molar-refractivity contribution in [3.8, 4) is 0 Å². The van der Waals surface area contributed by atoms with Crippen molar-refractivity contribution in [3.05, 3.63) is 29.3 Å². The van der Waals surface area contributed by atoms with Gasteiger partial charge in [-0.1, -0.05) is 12.1 Å². The third-order valence-corrected chi connectivity index (χ3v) is 3.44. The zero-order valence-corrected chi connectivity index (χ0v) is 11.3. The molecule has 0 spiro atoms. The molecule has 0 radical (unpaired) electrons. The molecule has 98 valence electrons. The summed E-state index contributed by atoms with van der Waals surface area (Å²) in [6.07, 6.45) is 1.41. The molecule has 0 aromatic heterocycles. The molecule has 4 heteroatoms. The van der Waals surface area contributed by atoms with Crippen LogP contribution in [0.15, 0.2) is 18.2 Å². The Morgan fingerprint density at radius 3 is 2.78 bits per heavy atom. The van der Waals surface area contributed by atoms with Crippen molar-refractivity contribution >= 4 is 11.6 Å². The van der Waals surface area contributed by atoms with Gasteiger partial charge < -0.3 is 15.5 Å². The highest BCUT2D eigenvalue weighted by Crippen LogP contribution is 2.29. The maximum Gasteiger partial charge on any atom is 0.227 e. The molecule has 0 saturated carbocycles. The van der Waals surface area contributed by atoms with Gasteiger partial charge in [0.25, 0.3) is 0 Å². The van der Waals surface area contributed by atoms with E-state index in [0.717, 1.165) is 24.2 Å². The first-order chi connectivity index (χ1) is 8.49. The average molecular weight is 247 g/mol. The molecule has 1 unspecified atom stereocenters. The SMILES string of the molecule is CN(C)CC(N)c1ccc2c(c1)CCC(=O)N2C. The van der Waals surface area contributed by atoms with Gasteiger partial charge in [-0.15, -0.1) is 0 Å². The largest absolute Gasteiger partial charge is 0.323 e. The summed E-state index contributed by atoms with van der Waals surface area (Å²) >= 11 is 0. The molecule has 2 N–H and O–H groups in total. The highest BCUT2D eigenvalue weighted by atomic mass is 16.2. The molecule has 0 aliphatic carbocycles. The number of rotatable bonds is 3. The molecule has 0 saturated heterocycles. The minimum Gasteiger partial charge on any atom is -0.323 e. The van der Waals surface area contributed by atoms with Gasteiger partial charge in [-0.05, 0) is 37.7 Å². The molecule has 1 amide bonds. The lowest BCUT2D eigenvalue weighted by Crippen LogP contribution is -2.31. The van der Waals surface area contributed by atoms with Crippen LogP contribution in [0.1, 0.15) is 23.6 Å². The second-order valence-corrected chi connectivity index (χ2v) is 5.21. The first kappa shape index (κ1) is 13.1. The summed E-state index contributed by atoms with van der Waals surface area (Å²) in [5.74, 6) is 0.188. The number of aryl methyl sites for hydroxylation is 1. The molecule has 0 fully saturated rings. The van der Waals surface area contributed by atoms with Crippen LogP contribution in [0.4, 0.5) is 5.69 Å². The molecular formula is C14H21N3O. The van der Waals surface area contributed by atoms with Gasteiger partial charge in [0.1, 0.15) is 0 Å². The number of carbonyl (C=O) groups excluding carboxylic acids is 1. The Morgan fingerprint density at radius 2 is 2.11 bits per heavy atom. The molecule has 4 nitrogen and oxygen atoms in total. The minimum atomic E-state index is 0.0215. The monoisotopic (exact) mass is 247 g/mol. The van der Waals surface area contributed by atoms with E-state index in [-0.39, 0.29) is 11.9 Å². The quantitative estimate of drug-likeness (QED) is 0.872. The Balaban J connectivity index is 2.25. The lowest BCUT2D eigenvalue weighted by Gasteiger charge is -2.27. The molecule has 18 heavy (non-hydrogen) atoms. The van der Waals surface area contributed by atoms with Gasteiger partial charge in [0, 0.05) is 31.7 Å². The van der Waals surface area contributed by atoms with Crippen LogP contribution in [0.3, 0.4) is 0 Å². The summed E-state index contributed by atoms with van der Waals surface area (Å²) in [5, 5.41) is 0. The summed E-state index contributed by atoms with van der Waals surface area (Å²) < 4.78 is 0. The van der Waals surface area contributed by atoms with E-state index in [4.69, 9.17) is 5.73 Å². The highest BCUT2D eigenvalue weighted by Gasteiger charge is 2.21. The zero-order chi connectivity index (χ0) is 13.3. The predicted octanol–water partition coefficient (Wildman–Crippen LogP) is 1.16. The molecule has 1 aliphatic rings. The molecule has 1 aromatic rings. The normalized spacial score (nSPS) is 16.9. The van der Waals surface area contributed by atoms with Crippen LogP contribution in [-0.4, -0.2) is 38.5 Å². The van der Waals surface area contributed by atoms with E-state index in [1.165, 1.54) is 5.56 Å². The molecule has 1 atom stereocenters. The summed E-state index contributed by atoms with van der Waals surface area (Å²) in [6, 6.07) is 6.21. The molecule has 1 aromatic carbocycles. The van der Waals surface area contributed by atoms with Crippen LogP contribution in [0, 0.1) is 0 Å². The van der Waals surface area contributed by atoms with E-state index in [1.54, 1.807) is 4.90 Å². The Labute approximate surface area is 108 Å². The lowest BCUT2D eigenvalue weighted by atomic mass is 9.96. The second kappa shape index (κ2) is 5.08. The average Bonchev–Trinajstić information content (AvgIpc) is 2.32. The van der Waals surface area contributed by atoms with E-state index in [0.29, 0.717) is 6.42 Å². The van der Waals surface area contributed by atoms with Crippen LogP contribution in [0.25, 0.3) is 0 Å². The summed E-state index contributed by atoms with van der Waals surface area (Å²) in [7, 11) is 5.87. The standard InChI is InChI=1S/C14H21N3O/c1-16(2)9-12(15)10-4-6-13-11(8-10)5-7-14(18)17(13)3/h4,6,8,12H,5,7,9,15H2,1-3H3. The molecule has 1 heterocycles. The summed E-state index contributed by atoms with van der Waals surface area (Å²) in [5.41, 5.74) is 9.56. The van der Waals surface area contributed by atoms with Gasteiger partial charge in [-0.25, -0.2) is 0 Å². The summed E-state index contributed by atoms with van der Waals surface area (Å²) in [6.45, 7) is 0.827. The number of amides is 1. The van der Waals surface area contributed by atoms with Crippen LogP contribution in [0.2, 0.25) is 0 Å². The number of nitrogens with zero attached hydrogens (tertiary/aromatic N) is 2. The predicted molar refractivity (Wildman–Crippen MR) is 73.7 cm³/mol. The number of hydrogen-bond donors (Lipinski definition) is 1. The van der Waals surface area contributed by atoms with Crippen molar-refractivity contribution in [2.45, 2.75) is 18.9 Å². The van der Waals surface area contributed by atoms with Crippen LogP contribution in [-0.2, 0) is 11.2 Å². The van der Waals surface area contributed by atoms with Gasteiger partial charge in [-0.3, -0.25) is 4.79 Å². The number of fused-ring (bicyclic) bond motifs is 1. The van der Waals surface area contributed by atoms with E-state index in [9.17, 15) is 4.79 Å². The maximum absolute atomic E-state index is 11.6. The molecule has 2 rings (SSSR count). The van der Waals surface area contributed by atoms with Crippen molar-refractivity contribution in [2.24, 2.45) is 5.73 Å². The fourth-order valence-corrected chi connectivity index (χ4v) is 2.41. The van der Waals surface area contributed by atoms with Crippen molar-refractivity contribution in [1.29, 1.82) is 0 Å². The highest BCUT2D eigenvalue weighted by molar-refractivity contribution is 5.95. The Bertz CT molecular complexity index is 456. The van der Waals surface area contributed by atoms with E-state index in [1.807, 2.05) is 33.3 Å². The minimum absolute atomic E-state index is 0.0215. The molecule has 0 bridgehead atoms. The molecular weight excluding hydrogens is 226 g/mol. The Kier molecular flexibility index (Phi) is 3.68. The van der Waals surface area contributed by atoms with Crippen molar-refractivity contribution < 1.29 is 4.79 Å². The van der Waals surface area contributed by atoms with Gasteiger partial charge in [-0.2, -0.15) is 0 Å². The van der Waals surface area contributed by atoms with E-state index < -0.39 is 0 Å². The number of likely N-dealkylation sites (N-methyl/N-ethyl adjacent to an activating group) is 1. The van der Waals surface area contributed by atoms with E-state index in [2.05, 4.69) is 11.0 Å². The first-order valence-electron chi connectivity index (χ1n) is 6.28. The second-order valence-electron chi connectivity index (χ2n) is 5.21. The number of carbonyl (C=O) groups is 1. The topological polar surface area (TPSA) is 49.6 Å². The Hall–Kier alpha value is -1.39. The maximum atomic E-state index is 11.6.